The highest BCUT2D eigenvalue weighted by atomic mass is 35.5. The van der Waals surface area contributed by atoms with Gasteiger partial charge in [-0.05, 0) is 39.0 Å². The third-order valence-corrected chi connectivity index (χ3v) is 2.19. The van der Waals surface area contributed by atoms with Crippen molar-refractivity contribution in [2.24, 2.45) is 0 Å². The lowest BCUT2D eigenvalue weighted by Gasteiger charge is -2.19. The second kappa shape index (κ2) is 5.58. The number of carbonyl (C=O) groups is 1. The Morgan fingerprint density at radius 2 is 1.94 bits per heavy atom. The van der Waals surface area contributed by atoms with E-state index < -0.39 is 11.6 Å². The third-order valence-electron chi connectivity index (χ3n) is 1.63. The molecular weight excluding hydrogens is 263 g/mol. The summed E-state index contributed by atoms with van der Waals surface area (Å²) in [5.74, 6) is 0. The summed E-state index contributed by atoms with van der Waals surface area (Å²) in [6, 6.07) is 4.28. The summed E-state index contributed by atoms with van der Waals surface area (Å²) < 4.78 is 0. The van der Waals surface area contributed by atoms with Crippen LogP contribution < -0.4 is 10.8 Å². The predicted molar refractivity (Wildman–Crippen MR) is 69.5 cm³/mol. The van der Waals surface area contributed by atoms with Crippen molar-refractivity contribution in [3.05, 3.63) is 28.2 Å². The second-order valence-corrected chi connectivity index (χ2v) is 5.24. The van der Waals surface area contributed by atoms with Gasteiger partial charge in [0.2, 0.25) is 0 Å². The van der Waals surface area contributed by atoms with Gasteiger partial charge in [-0.15, -0.1) is 0 Å². The smallest absolute Gasteiger partial charge is 0.305 e. The van der Waals surface area contributed by atoms with E-state index >= 15 is 0 Å². The summed E-state index contributed by atoms with van der Waals surface area (Å²) in [4.78, 5) is 16.6. The highest BCUT2D eigenvalue weighted by molar-refractivity contribution is 6.35. The number of halogens is 2. The van der Waals surface area contributed by atoms with Gasteiger partial charge in [0.1, 0.15) is 0 Å². The lowest BCUT2D eigenvalue weighted by Crippen LogP contribution is -2.36. The van der Waals surface area contributed by atoms with Crippen molar-refractivity contribution in [2.75, 3.05) is 5.32 Å². The van der Waals surface area contributed by atoms with Crippen LogP contribution in [0, 0.1) is 0 Å². The maximum atomic E-state index is 11.5. The van der Waals surface area contributed by atoms with Crippen molar-refractivity contribution < 1.29 is 9.63 Å². The molecule has 0 saturated carbocycles. The van der Waals surface area contributed by atoms with Crippen molar-refractivity contribution in [1.29, 1.82) is 0 Å². The molecule has 0 atom stereocenters. The van der Waals surface area contributed by atoms with Gasteiger partial charge in [-0.3, -0.25) is 4.84 Å². The Morgan fingerprint density at radius 1 is 1.29 bits per heavy atom. The monoisotopic (exact) mass is 276 g/mol. The van der Waals surface area contributed by atoms with Gasteiger partial charge >= 0.3 is 6.03 Å². The summed E-state index contributed by atoms with van der Waals surface area (Å²) >= 11 is 11.7. The Balaban J connectivity index is 2.59. The average Bonchev–Trinajstić information content (AvgIpc) is 2.20. The predicted octanol–water partition coefficient (Wildman–Crippen LogP) is 3.85. The van der Waals surface area contributed by atoms with Gasteiger partial charge in [0.15, 0.2) is 0 Å². The molecule has 17 heavy (non-hydrogen) atoms. The van der Waals surface area contributed by atoms with Crippen molar-refractivity contribution in [3.8, 4) is 0 Å². The molecule has 0 heterocycles. The number of rotatable bonds is 2. The fraction of sp³-hybridized carbons (Fsp3) is 0.364. The Hall–Kier alpha value is -0.970. The van der Waals surface area contributed by atoms with Gasteiger partial charge in [-0.25, -0.2) is 10.3 Å². The Kier molecular flexibility index (Phi) is 4.62. The number of amides is 2. The second-order valence-electron chi connectivity index (χ2n) is 4.39. The molecule has 0 aromatic heterocycles. The van der Waals surface area contributed by atoms with E-state index in [0.29, 0.717) is 15.7 Å². The van der Waals surface area contributed by atoms with Crippen molar-refractivity contribution in [2.45, 2.75) is 26.4 Å². The maximum Gasteiger partial charge on any atom is 0.343 e. The first kappa shape index (κ1) is 14.1. The molecule has 0 fully saturated rings. The van der Waals surface area contributed by atoms with E-state index in [1.165, 1.54) is 0 Å². The molecule has 94 valence electrons. The van der Waals surface area contributed by atoms with Crippen molar-refractivity contribution >= 4 is 34.9 Å². The lowest BCUT2D eigenvalue weighted by atomic mass is 10.2. The lowest BCUT2D eigenvalue weighted by molar-refractivity contribution is -0.0505. The Labute approximate surface area is 110 Å². The highest BCUT2D eigenvalue weighted by Crippen LogP contribution is 2.25. The third kappa shape index (κ3) is 5.26. The molecule has 1 rings (SSSR count). The first-order valence-electron chi connectivity index (χ1n) is 4.98. The molecule has 1 aromatic carbocycles. The van der Waals surface area contributed by atoms with Gasteiger partial charge in [0, 0.05) is 5.02 Å². The summed E-state index contributed by atoms with van der Waals surface area (Å²) in [6.07, 6.45) is 0. The standard InChI is InChI=1S/C11H14Cl2N2O2/c1-11(2,3)17-15-10(16)14-9-6-7(12)4-5-8(9)13/h4-6H,1-3H3,(H2,14,15,16). The Morgan fingerprint density at radius 3 is 2.53 bits per heavy atom. The van der Waals surface area contributed by atoms with E-state index in [1.807, 2.05) is 20.8 Å². The number of hydrogen-bond acceptors (Lipinski definition) is 2. The molecule has 2 amide bonds. The minimum Gasteiger partial charge on any atom is -0.305 e. The SMILES string of the molecule is CC(C)(C)ONC(=O)Nc1cc(Cl)ccc1Cl. The van der Waals surface area contributed by atoms with Crippen LogP contribution in [0.2, 0.25) is 10.0 Å². The van der Waals surface area contributed by atoms with Crippen LogP contribution in [0.3, 0.4) is 0 Å². The molecule has 0 aliphatic carbocycles. The van der Waals surface area contributed by atoms with E-state index in [9.17, 15) is 4.79 Å². The molecule has 0 radical (unpaired) electrons. The van der Waals surface area contributed by atoms with Crippen LogP contribution in [-0.2, 0) is 4.84 Å². The molecule has 0 bridgehead atoms. The molecular formula is C11H14Cl2N2O2. The van der Waals surface area contributed by atoms with Gasteiger partial charge in [0.25, 0.3) is 0 Å². The van der Waals surface area contributed by atoms with Gasteiger partial charge in [0.05, 0.1) is 16.3 Å². The highest BCUT2D eigenvalue weighted by Gasteiger charge is 2.13. The molecule has 6 heteroatoms. The van der Waals surface area contributed by atoms with Gasteiger partial charge in [-0.2, -0.15) is 0 Å². The van der Waals surface area contributed by atoms with E-state index in [-0.39, 0.29) is 0 Å². The summed E-state index contributed by atoms with van der Waals surface area (Å²) in [5, 5.41) is 3.42. The normalized spacial score (nSPS) is 11.1. The van der Waals surface area contributed by atoms with Crippen molar-refractivity contribution in [3.63, 3.8) is 0 Å². The zero-order valence-electron chi connectivity index (χ0n) is 9.80. The average molecular weight is 277 g/mol. The quantitative estimate of drug-likeness (QED) is 0.807. The first-order valence-corrected chi connectivity index (χ1v) is 5.73. The zero-order valence-corrected chi connectivity index (χ0v) is 11.3. The van der Waals surface area contributed by atoms with E-state index in [2.05, 4.69) is 10.8 Å². The minimum atomic E-state index is -0.510. The van der Waals surface area contributed by atoms with Crippen LogP contribution >= 0.6 is 23.2 Å². The molecule has 4 nitrogen and oxygen atoms in total. The van der Waals surface area contributed by atoms with Crippen LogP contribution in [0.4, 0.5) is 10.5 Å². The first-order chi connectivity index (χ1) is 7.78. The maximum absolute atomic E-state index is 11.5. The molecule has 0 aliphatic heterocycles. The summed E-state index contributed by atoms with van der Waals surface area (Å²) in [7, 11) is 0. The largest absolute Gasteiger partial charge is 0.343 e. The fourth-order valence-corrected chi connectivity index (χ4v) is 1.28. The molecule has 1 aromatic rings. The number of carbonyl (C=O) groups excluding carboxylic acids is 1. The molecule has 0 unspecified atom stereocenters. The van der Waals surface area contributed by atoms with Crippen LogP contribution in [0.25, 0.3) is 0 Å². The van der Waals surface area contributed by atoms with E-state index in [0.717, 1.165) is 0 Å². The summed E-state index contributed by atoms with van der Waals surface area (Å²) in [6.45, 7) is 5.46. The fourth-order valence-electron chi connectivity index (χ4n) is 0.941. The number of benzene rings is 1. The van der Waals surface area contributed by atoms with Crippen molar-refractivity contribution in [1.82, 2.24) is 5.48 Å². The number of anilines is 1. The zero-order chi connectivity index (χ0) is 13.1. The number of hydrogen-bond donors (Lipinski definition) is 2. The van der Waals surface area contributed by atoms with Crippen LogP contribution in [0.5, 0.6) is 0 Å². The minimum absolute atomic E-state index is 0.403. The molecule has 2 N–H and O–H groups in total. The molecule has 0 aliphatic rings. The van der Waals surface area contributed by atoms with E-state index in [1.54, 1.807) is 18.2 Å². The van der Waals surface area contributed by atoms with Crippen LogP contribution in [0.1, 0.15) is 20.8 Å². The van der Waals surface area contributed by atoms with E-state index in [4.69, 9.17) is 28.0 Å². The number of nitrogens with one attached hydrogen (secondary N) is 2. The number of hydroxylamine groups is 1. The molecule has 0 saturated heterocycles. The van der Waals surface area contributed by atoms with Gasteiger partial charge in [-0.1, -0.05) is 23.2 Å². The molecule has 0 spiro atoms. The number of urea groups is 1. The van der Waals surface area contributed by atoms with Gasteiger partial charge < -0.3 is 5.32 Å². The van der Waals surface area contributed by atoms with Crippen LogP contribution in [0.15, 0.2) is 18.2 Å². The summed E-state index contributed by atoms with van der Waals surface area (Å²) in [5.41, 5.74) is 2.23. The Bertz CT molecular complexity index is 416. The van der Waals surface area contributed by atoms with Crippen LogP contribution in [-0.4, -0.2) is 11.6 Å². The topological polar surface area (TPSA) is 50.4 Å².